The van der Waals surface area contributed by atoms with Gasteiger partial charge in [-0.2, -0.15) is 0 Å². The van der Waals surface area contributed by atoms with E-state index in [9.17, 15) is 4.79 Å². The van der Waals surface area contributed by atoms with Crippen LogP contribution in [-0.4, -0.2) is 34.0 Å². The third-order valence-electron chi connectivity index (χ3n) is 7.14. The monoisotopic (exact) mass is 412 g/mol. The molecule has 7 heteroatoms. The van der Waals surface area contributed by atoms with Crippen LogP contribution in [0.2, 0.25) is 0 Å². The van der Waals surface area contributed by atoms with E-state index in [-0.39, 0.29) is 11.3 Å². The minimum absolute atomic E-state index is 0.146. The topological polar surface area (TPSA) is 69.0 Å². The summed E-state index contributed by atoms with van der Waals surface area (Å²) in [5.41, 5.74) is 0.746. The van der Waals surface area contributed by atoms with Crippen LogP contribution in [0.25, 0.3) is 5.69 Å². The largest absolute Gasteiger partial charge is 0.495 e. The van der Waals surface area contributed by atoms with Gasteiger partial charge < -0.3 is 10.1 Å². The zero-order valence-corrected chi connectivity index (χ0v) is 17.9. The summed E-state index contributed by atoms with van der Waals surface area (Å²) in [7, 11) is 1.66. The molecule has 0 radical (unpaired) electrons. The Labute approximate surface area is 175 Å². The average Bonchev–Trinajstić information content (AvgIpc) is 3.13. The lowest BCUT2D eigenvalue weighted by molar-refractivity contribution is -0.146. The quantitative estimate of drug-likeness (QED) is 0.730. The molecule has 1 amide bonds. The van der Waals surface area contributed by atoms with Crippen LogP contribution in [0.3, 0.4) is 0 Å². The lowest BCUT2D eigenvalue weighted by atomic mass is 9.49. The number of carbonyl (C=O) groups is 1. The van der Waals surface area contributed by atoms with Gasteiger partial charge in [-0.25, -0.2) is 0 Å². The van der Waals surface area contributed by atoms with Crippen LogP contribution in [0, 0.1) is 23.2 Å². The summed E-state index contributed by atoms with van der Waals surface area (Å²) in [6, 6.07) is 7.84. The molecule has 1 aromatic heterocycles. The summed E-state index contributed by atoms with van der Waals surface area (Å²) in [6.07, 6.45) is 9.21. The molecule has 6 rings (SSSR count). The highest BCUT2D eigenvalue weighted by Gasteiger charge is 2.54. The van der Waals surface area contributed by atoms with E-state index in [1.54, 1.807) is 7.11 Å². The van der Waals surface area contributed by atoms with E-state index >= 15 is 0 Å². The zero-order chi connectivity index (χ0) is 20.0. The number of rotatable bonds is 6. The fourth-order valence-electron chi connectivity index (χ4n) is 6.34. The molecular formula is C22H28N4O2S. The van der Waals surface area contributed by atoms with Crippen molar-refractivity contribution in [2.75, 3.05) is 13.4 Å². The summed E-state index contributed by atoms with van der Waals surface area (Å²) >= 11 is 1.53. The summed E-state index contributed by atoms with van der Waals surface area (Å²) in [4.78, 5) is 13.3. The number of hydrogen-bond donors (Lipinski definition) is 1. The zero-order valence-electron chi connectivity index (χ0n) is 17.1. The van der Waals surface area contributed by atoms with Crippen LogP contribution in [0.15, 0.2) is 29.4 Å². The molecule has 154 valence electrons. The van der Waals surface area contributed by atoms with Gasteiger partial charge in [0.25, 0.3) is 0 Å². The second-order valence-electron chi connectivity index (χ2n) is 8.99. The van der Waals surface area contributed by atoms with Crippen molar-refractivity contribution < 1.29 is 9.53 Å². The number of carbonyl (C=O) groups excluding carboxylic acids is 1. The number of ether oxygens (including phenoxy) is 1. The van der Waals surface area contributed by atoms with Crippen LogP contribution >= 0.6 is 11.8 Å². The first-order valence-corrected chi connectivity index (χ1v) is 11.7. The van der Waals surface area contributed by atoms with Crippen LogP contribution in [0.1, 0.15) is 44.3 Å². The van der Waals surface area contributed by atoms with Gasteiger partial charge in [-0.3, -0.25) is 9.36 Å². The molecule has 4 fully saturated rings. The van der Waals surface area contributed by atoms with Gasteiger partial charge in [-0.05, 0) is 74.7 Å². The lowest BCUT2D eigenvalue weighted by Gasteiger charge is -2.55. The van der Waals surface area contributed by atoms with Crippen molar-refractivity contribution in [1.82, 2.24) is 20.1 Å². The van der Waals surface area contributed by atoms with E-state index in [2.05, 4.69) is 15.5 Å². The first-order chi connectivity index (χ1) is 14.1. The molecule has 6 nitrogen and oxygen atoms in total. The Morgan fingerprint density at radius 3 is 2.45 bits per heavy atom. The van der Waals surface area contributed by atoms with Crippen molar-refractivity contribution in [3.63, 3.8) is 0 Å². The highest BCUT2D eigenvalue weighted by Crippen LogP contribution is 2.60. The summed E-state index contributed by atoms with van der Waals surface area (Å²) < 4.78 is 7.53. The summed E-state index contributed by atoms with van der Waals surface area (Å²) in [5.74, 6) is 3.98. The van der Waals surface area contributed by atoms with Crippen molar-refractivity contribution in [3.8, 4) is 11.4 Å². The molecular weight excluding hydrogens is 384 g/mol. The Morgan fingerprint density at radius 1 is 1.17 bits per heavy atom. The number of thioether (sulfide) groups is 1. The molecule has 0 atom stereocenters. The minimum atomic E-state index is -0.146. The summed E-state index contributed by atoms with van der Waals surface area (Å²) in [6.45, 7) is 0.381. The van der Waals surface area contributed by atoms with Crippen molar-refractivity contribution in [3.05, 3.63) is 30.1 Å². The van der Waals surface area contributed by atoms with E-state index in [0.717, 1.165) is 59.4 Å². The molecule has 4 aliphatic carbocycles. The fourth-order valence-corrected chi connectivity index (χ4v) is 6.85. The fraction of sp³-hybridized carbons (Fsp3) is 0.591. The van der Waals surface area contributed by atoms with Crippen molar-refractivity contribution >= 4 is 17.7 Å². The van der Waals surface area contributed by atoms with Gasteiger partial charge in [0.1, 0.15) is 5.75 Å². The molecule has 0 saturated heterocycles. The van der Waals surface area contributed by atoms with Crippen molar-refractivity contribution in [2.24, 2.45) is 23.2 Å². The number of amides is 1. The Kier molecular flexibility index (Phi) is 4.81. The van der Waals surface area contributed by atoms with Crippen LogP contribution in [-0.2, 0) is 11.3 Å². The normalized spacial score (nSPS) is 29.8. The van der Waals surface area contributed by atoms with Gasteiger partial charge in [0.2, 0.25) is 5.91 Å². The molecule has 4 bridgehead atoms. The first kappa shape index (κ1) is 19.0. The number of nitrogens with zero attached hydrogens (tertiary/aromatic N) is 3. The minimum Gasteiger partial charge on any atom is -0.495 e. The SMILES string of the molecule is COc1ccccc1-n1c(CNC(=O)C23CC4CC(CC(C4)C2)C3)nnc1SC. The van der Waals surface area contributed by atoms with Crippen molar-refractivity contribution in [1.29, 1.82) is 0 Å². The van der Waals surface area contributed by atoms with Gasteiger partial charge >= 0.3 is 0 Å². The predicted molar refractivity (Wildman–Crippen MR) is 112 cm³/mol. The van der Waals surface area contributed by atoms with Crippen molar-refractivity contribution in [2.45, 2.75) is 50.2 Å². The van der Waals surface area contributed by atoms with E-state index in [4.69, 9.17) is 4.74 Å². The standard InChI is InChI=1S/C22H28N4O2S/c1-28-18-6-4-3-5-17(18)26-19(24-25-21(26)29-2)13-23-20(27)22-10-14-7-15(11-22)9-16(8-14)12-22/h3-6,14-16H,7-13H2,1-2H3,(H,23,27). The smallest absolute Gasteiger partial charge is 0.226 e. The van der Waals surface area contributed by atoms with E-state index in [1.807, 2.05) is 35.1 Å². The third kappa shape index (κ3) is 3.23. The number of aromatic nitrogens is 3. The highest BCUT2D eigenvalue weighted by atomic mass is 32.2. The van der Waals surface area contributed by atoms with Gasteiger partial charge in [0.05, 0.1) is 19.3 Å². The Balaban J connectivity index is 1.38. The lowest BCUT2D eigenvalue weighted by Crippen LogP contribution is -2.53. The number of benzene rings is 1. The van der Waals surface area contributed by atoms with E-state index < -0.39 is 0 Å². The predicted octanol–water partition coefficient (Wildman–Crippen LogP) is 3.83. The van der Waals surface area contributed by atoms with E-state index in [0.29, 0.717) is 6.54 Å². The van der Waals surface area contributed by atoms with Gasteiger partial charge in [0.15, 0.2) is 11.0 Å². The second kappa shape index (κ2) is 7.35. The Bertz CT molecular complexity index is 890. The highest BCUT2D eigenvalue weighted by molar-refractivity contribution is 7.98. The number of nitrogens with one attached hydrogen (secondary N) is 1. The van der Waals surface area contributed by atoms with Crippen LogP contribution < -0.4 is 10.1 Å². The maximum atomic E-state index is 13.3. The number of methoxy groups -OCH3 is 1. The van der Waals surface area contributed by atoms with Gasteiger partial charge in [-0.1, -0.05) is 23.9 Å². The maximum absolute atomic E-state index is 13.3. The molecule has 1 heterocycles. The van der Waals surface area contributed by atoms with Crippen LogP contribution in [0.4, 0.5) is 0 Å². The Hall–Kier alpha value is -2.02. The molecule has 0 spiro atoms. The van der Waals surface area contributed by atoms with Gasteiger partial charge in [-0.15, -0.1) is 10.2 Å². The first-order valence-electron chi connectivity index (χ1n) is 10.5. The molecule has 4 saturated carbocycles. The average molecular weight is 413 g/mol. The number of para-hydroxylation sites is 2. The molecule has 0 unspecified atom stereocenters. The van der Waals surface area contributed by atoms with Crippen LogP contribution in [0.5, 0.6) is 5.75 Å². The Morgan fingerprint density at radius 2 is 1.83 bits per heavy atom. The molecule has 29 heavy (non-hydrogen) atoms. The number of hydrogen-bond acceptors (Lipinski definition) is 5. The second-order valence-corrected chi connectivity index (χ2v) is 9.76. The summed E-state index contributed by atoms with van der Waals surface area (Å²) in [5, 5.41) is 12.7. The molecule has 2 aromatic rings. The third-order valence-corrected chi connectivity index (χ3v) is 7.77. The molecule has 4 aliphatic rings. The molecule has 1 N–H and O–H groups in total. The maximum Gasteiger partial charge on any atom is 0.226 e. The van der Waals surface area contributed by atoms with Gasteiger partial charge in [0, 0.05) is 5.41 Å². The van der Waals surface area contributed by atoms with E-state index in [1.165, 1.54) is 31.0 Å². The molecule has 1 aromatic carbocycles. The molecule has 0 aliphatic heterocycles.